The molecule has 1 unspecified atom stereocenters. The van der Waals surface area contributed by atoms with Gasteiger partial charge < -0.3 is 4.90 Å². The van der Waals surface area contributed by atoms with E-state index >= 15 is 0 Å². The molecule has 0 N–H and O–H groups in total. The largest absolute Gasteiger partial charge is 0.307 e. The van der Waals surface area contributed by atoms with Crippen molar-refractivity contribution in [3.05, 3.63) is 93.7 Å². The van der Waals surface area contributed by atoms with Crippen molar-refractivity contribution in [1.29, 1.82) is 0 Å². The molecule has 2 aliphatic rings. The zero-order chi connectivity index (χ0) is 21.5. The number of benzene rings is 3. The lowest BCUT2D eigenvalue weighted by molar-refractivity contribution is -0.112. The molecule has 31 heavy (non-hydrogen) atoms. The highest BCUT2D eigenvalue weighted by atomic mass is 35.5. The van der Waals surface area contributed by atoms with Crippen LogP contribution in [0.15, 0.2) is 71.8 Å². The summed E-state index contributed by atoms with van der Waals surface area (Å²) in [6.45, 7) is 0.625. The quantitative estimate of drug-likeness (QED) is 0.485. The lowest BCUT2D eigenvalue weighted by atomic mass is 10.0. The summed E-state index contributed by atoms with van der Waals surface area (Å²) in [5.41, 5.74) is 4.02. The SMILES string of the molecule is O=C(C1=NN(c2ccc(Cl)cc2Cl)C(c2ccc(F)cc2)C1)N1CCc2ccccc21. The van der Waals surface area contributed by atoms with Gasteiger partial charge in [0.25, 0.3) is 5.91 Å². The first kappa shape index (κ1) is 20.0. The van der Waals surface area contributed by atoms with Crippen LogP contribution < -0.4 is 9.91 Å². The number of amides is 1. The lowest BCUT2D eigenvalue weighted by Crippen LogP contribution is -2.34. The number of hydrogen-bond donors (Lipinski definition) is 0. The monoisotopic (exact) mass is 453 g/mol. The second-order valence-corrected chi connectivity index (χ2v) is 8.44. The standard InChI is InChI=1S/C24H18Cl2FN3O/c25-17-7-10-22(19(26)13-17)30-23(16-5-8-18(27)9-6-16)14-20(28-30)24(31)29-12-11-15-3-1-2-4-21(15)29/h1-10,13,23H,11-12,14H2. The number of anilines is 2. The van der Waals surface area contributed by atoms with Gasteiger partial charge in [-0.2, -0.15) is 5.10 Å². The van der Waals surface area contributed by atoms with Crippen LogP contribution in [0.25, 0.3) is 0 Å². The summed E-state index contributed by atoms with van der Waals surface area (Å²) in [5, 5.41) is 7.37. The Morgan fingerprint density at radius 3 is 2.55 bits per heavy atom. The third-order valence-corrected chi connectivity index (χ3v) is 6.24. The number of nitrogens with zero attached hydrogens (tertiary/aromatic N) is 3. The zero-order valence-corrected chi connectivity index (χ0v) is 17.9. The topological polar surface area (TPSA) is 35.9 Å². The fourth-order valence-corrected chi connectivity index (χ4v) is 4.67. The summed E-state index contributed by atoms with van der Waals surface area (Å²) in [5.74, 6) is -0.437. The van der Waals surface area contributed by atoms with Gasteiger partial charge >= 0.3 is 0 Å². The van der Waals surface area contributed by atoms with Crippen molar-refractivity contribution in [2.24, 2.45) is 5.10 Å². The highest BCUT2D eigenvalue weighted by Gasteiger charge is 2.36. The van der Waals surface area contributed by atoms with Crippen LogP contribution in [0.1, 0.15) is 23.6 Å². The summed E-state index contributed by atoms with van der Waals surface area (Å²) < 4.78 is 13.5. The molecule has 5 rings (SSSR count). The second kappa shape index (κ2) is 7.98. The van der Waals surface area contributed by atoms with Gasteiger partial charge in [-0.15, -0.1) is 0 Å². The number of para-hydroxylation sites is 1. The molecule has 7 heteroatoms. The summed E-state index contributed by atoms with van der Waals surface area (Å²) in [4.78, 5) is 15.2. The Hall–Kier alpha value is -2.89. The fourth-order valence-electron chi connectivity index (χ4n) is 4.18. The van der Waals surface area contributed by atoms with Crippen molar-refractivity contribution in [3.8, 4) is 0 Å². The summed E-state index contributed by atoms with van der Waals surface area (Å²) in [6, 6.07) is 19.0. The first-order valence-electron chi connectivity index (χ1n) is 9.98. The smallest absolute Gasteiger partial charge is 0.274 e. The molecule has 2 aliphatic heterocycles. The van der Waals surface area contributed by atoms with Gasteiger partial charge in [0.15, 0.2) is 0 Å². The van der Waals surface area contributed by atoms with Crippen LogP contribution in [0.2, 0.25) is 10.0 Å². The van der Waals surface area contributed by atoms with Crippen molar-refractivity contribution in [2.75, 3.05) is 16.5 Å². The minimum Gasteiger partial charge on any atom is -0.307 e. The Balaban J connectivity index is 1.52. The molecule has 0 aromatic heterocycles. The average molecular weight is 454 g/mol. The highest BCUT2D eigenvalue weighted by Crippen LogP contribution is 2.40. The molecule has 3 aromatic carbocycles. The number of hydrogen-bond acceptors (Lipinski definition) is 3. The van der Waals surface area contributed by atoms with E-state index in [0.717, 1.165) is 23.2 Å². The van der Waals surface area contributed by atoms with E-state index in [-0.39, 0.29) is 17.8 Å². The minimum atomic E-state index is -0.316. The van der Waals surface area contributed by atoms with Crippen LogP contribution >= 0.6 is 23.2 Å². The van der Waals surface area contributed by atoms with E-state index in [2.05, 4.69) is 5.10 Å². The maximum atomic E-state index is 13.5. The fraction of sp³-hybridized carbons (Fsp3) is 0.167. The zero-order valence-electron chi connectivity index (χ0n) is 16.4. The van der Waals surface area contributed by atoms with Gasteiger partial charge in [0.2, 0.25) is 0 Å². The van der Waals surface area contributed by atoms with Crippen LogP contribution in [0.5, 0.6) is 0 Å². The first-order chi connectivity index (χ1) is 15.0. The molecule has 156 valence electrons. The maximum Gasteiger partial charge on any atom is 0.274 e. The number of hydrazone groups is 1. The van der Waals surface area contributed by atoms with Gasteiger partial charge in [-0.3, -0.25) is 9.80 Å². The highest BCUT2D eigenvalue weighted by molar-refractivity contribution is 6.45. The third-order valence-electron chi connectivity index (χ3n) is 5.70. The molecule has 3 aromatic rings. The van der Waals surface area contributed by atoms with Gasteiger partial charge in [-0.25, -0.2) is 4.39 Å². The molecule has 0 fully saturated rings. The molecule has 1 amide bonds. The van der Waals surface area contributed by atoms with E-state index < -0.39 is 0 Å². The van der Waals surface area contributed by atoms with E-state index in [1.807, 2.05) is 24.3 Å². The van der Waals surface area contributed by atoms with Gasteiger partial charge in [0.05, 0.1) is 16.8 Å². The Labute approximate surface area is 189 Å². The van der Waals surface area contributed by atoms with Gasteiger partial charge in [-0.05, 0) is 53.9 Å². The maximum absolute atomic E-state index is 13.5. The van der Waals surface area contributed by atoms with Crippen LogP contribution in [0.4, 0.5) is 15.8 Å². The Bertz CT molecular complexity index is 1200. The van der Waals surface area contributed by atoms with E-state index in [9.17, 15) is 9.18 Å². The normalized spacial score (nSPS) is 17.6. The van der Waals surface area contributed by atoms with Gasteiger partial charge in [0.1, 0.15) is 11.5 Å². The van der Waals surface area contributed by atoms with Crippen molar-refractivity contribution in [3.63, 3.8) is 0 Å². The summed E-state index contributed by atoms with van der Waals surface area (Å²) in [7, 11) is 0. The molecule has 0 saturated carbocycles. The van der Waals surface area contributed by atoms with Crippen LogP contribution in [-0.4, -0.2) is 18.2 Å². The predicted octanol–water partition coefficient (Wildman–Crippen LogP) is 6.03. The van der Waals surface area contributed by atoms with E-state index in [1.54, 1.807) is 40.2 Å². The van der Waals surface area contributed by atoms with Crippen LogP contribution in [-0.2, 0) is 11.2 Å². The van der Waals surface area contributed by atoms with E-state index in [1.165, 1.54) is 12.1 Å². The molecular formula is C24H18Cl2FN3O. The first-order valence-corrected chi connectivity index (χ1v) is 10.7. The molecular weight excluding hydrogens is 436 g/mol. The molecule has 0 radical (unpaired) electrons. The molecule has 1 atom stereocenters. The predicted molar refractivity (Wildman–Crippen MR) is 123 cm³/mol. The van der Waals surface area contributed by atoms with Crippen LogP contribution in [0, 0.1) is 5.82 Å². The van der Waals surface area contributed by atoms with Crippen molar-refractivity contribution < 1.29 is 9.18 Å². The van der Waals surface area contributed by atoms with E-state index in [0.29, 0.717) is 34.4 Å². The number of fused-ring (bicyclic) bond motifs is 1. The number of carbonyl (C=O) groups is 1. The minimum absolute atomic E-state index is 0.121. The molecule has 0 spiro atoms. The van der Waals surface area contributed by atoms with Crippen LogP contribution in [0.3, 0.4) is 0 Å². The number of rotatable bonds is 3. The molecule has 0 bridgehead atoms. The Kier molecular flexibility index (Phi) is 5.16. The van der Waals surface area contributed by atoms with Crippen molar-refractivity contribution in [1.82, 2.24) is 0 Å². The molecule has 2 heterocycles. The molecule has 0 aliphatic carbocycles. The second-order valence-electron chi connectivity index (χ2n) is 7.59. The van der Waals surface area contributed by atoms with Gasteiger partial charge in [-0.1, -0.05) is 53.5 Å². The summed E-state index contributed by atoms with van der Waals surface area (Å²) >= 11 is 12.5. The number of carbonyl (C=O) groups excluding carboxylic acids is 1. The Morgan fingerprint density at radius 1 is 1.00 bits per heavy atom. The number of halogens is 3. The average Bonchev–Trinajstić information content (AvgIpc) is 3.39. The third kappa shape index (κ3) is 3.68. The summed E-state index contributed by atoms with van der Waals surface area (Å²) in [6.07, 6.45) is 1.21. The lowest BCUT2D eigenvalue weighted by Gasteiger charge is -2.25. The molecule has 4 nitrogen and oxygen atoms in total. The Morgan fingerprint density at radius 2 is 1.77 bits per heavy atom. The van der Waals surface area contributed by atoms with E-state index in [4.69, 9.17) is 23.2 Å². The molecule has 0 saturated heterocycles. The van der Waals surface area contributed by atoms with Crippen molar-refractivity contribution in [2.45, 2.75) is 18.9 Å². The van der Waals surface area contributed by atoms with Gasteiger partial charge in [0, 0.05) is 23.7 Å². The van der Waals surface area contributed by atoms with Crippen molar-refractivity contribution >= 4 is 46.2 Å².